The van der Waals surface area contributed by atoms with Crippen molar-refractivity contribution < 1.29 is 18.0 Å². The van der Waals surface area contributed by atoms with Crippen LogP contribution >= 0.6 is 11.6 Å². The highest BCUT2D eigenvalue weighted by Crippen LogP contribution is 2.40. The predicted molar refractivity (Wildman–Crippen MR) is 67.2 cm³/mol. The van der Waals surface area contributed by atoms with Crippen molar-refractivity contribution in [3.63, 3.8) is 0 Å². The number of hydrogen-bond acceptors (Lipinski definition) is 2. The molecule has 0 unspecified atom stereocenters. The van der Waals surface area contributed by atoms with Gasteiger partial charge in [-0.3, -0.25) is 0 Å². The molecule has 1 aromatic rings. The van der Waals surface area contributed by atoms with Gasteiger partial charge in [-0.15, -0.1) is 0 Å². The summed E-state index contributed by atoms with van der Waals surface area (Å²) in [4.78, 5) is 15.3. The molecule has 20 heavy (non-hydrogen) atoms. The third-order valence-corrected chi connectivity index (χ3v) is 3.39. The largest absolute Gasteiger partial charge is 0.391 e. The van der Waals surface area contributed by atoms with Crippen LogP contribution in [0.5, 0.6) is 0 Å². The first kappa shape index (κ1) is 14.9. The van der Waals surface area contributed by atoms with Gasteiger partial charge in [0.05, 0.1) is 5.92 Å². The smallest absolute Gasteiger partial charge is 0.335 e. The Morgan fingerprint density at radius 2 is 2.15 bits per heavy atom. The number of aromatic nitrogens is 1. The molecule has 1 aliphatic rings. The first-order valence-electron chi connectivity index (χ1n) is 6.06. The summed E-state index contributed by atoms with van der Waals surface area (Å²) in [6, 6.07) is 2.39. The van der Waals surface area contributed by atoms with Gasteiger partial charge in [0.1, 0.15) is 5.15 Å². The second kappa shape index (κ2) is 5.87. The number of amides is 2. The molecular weight excluding hydrogens is 295 g/mol. The number of alkyl halides is 3. The molecule has 1 aromatic heterocycles. The maximum atomic E-state index is 12.3. The minimum Gasteiger partial charge on any atom is -0.335 e. The van der Waals surface area contributed by atoms with Gasteiger partial charge >= 0.3 is 12.2 Å². The molecule has 2 amide bonds. The SMILES string of the molecule is O=C(NCc1ccnc(Cl)c1)NC1CC(C(F)(F)F)C1. The first-order chi connectivity index (χ1) is 9.34. The fourth-order valence-corrected chi connectivity index (χ4v) is 2.17. The summed E-state index contributed by atoms with van der Waals surface area (Å²) >= 11 is 5.69. The van der Waals surface area contributed by atoms with Gasteiger partial charge in [0.2, 0.25) is 0 Å². The maximum Gasteiger partial charge on any atom is 0.391 e. The van der Waals surface area contributed by atoms with Gasteiger partial charge in [0.15, 0.2) is 0 Å². The number of rotatable bonds is 3. The van der Waals surface area contributed by atoms with Gasteiger partial charge in [-0.25, -0.2) is 9.78 Å². The van der Waals surface area contributed by atoms with Crippen LogP contribution in [0.4, 0.5) is 18.0 Å². The zero-order chi connectivity index (χ0) is 14.8. The molecule has 0 spiro atoms. The first-order valence-corrected chi connectivity index (χ1v) is 6.44. The number of nitrogens with one attached hydrogen (secondary N) is 2. The van der Waals surface area contributed by atoms with Crippen molar-refractivity contribution >= 4 is 17.6 Å². The fraction of sp³-hybridized carbons (Fsp3) is 0.500. The number of carbonyl (C=O) groups excluding carboxylic acids is 1. The van der Waals surface area contributed by atoms with Crippen LogP contribution in [0.25, 0.3) is 0 Å². The summed E-state index contributed by atoms with van der Waals surface area (Å²) in [6.07, 6.45) is -2.77. The maximum absolute atomic E-state index is 12.3. The van der Waals surface area contributed by atoms with Crippen molar-refractivity contribution in [2.75, 3.05) is 0 Å². The zero-order valence-corrected chi connectivity index (χ0v) is 11.1. The molecule has 0 atom stereocenters. The fourth-order valence-electron chi connectivity index (χ4n) is 1.97. The molecule has 0 aromatic carbocycles. The monoisotopic (exact) mass is 307 g/mol. The van der Waals surface area contributed by atoms with Crippen LogP contribution in [0.2, 0.25) is 5.15 Å². The normalized spacial score (nSPS) is 22.0. The Hall–Kier alpha value is -1.50. The van der Waals surface area contributed by atoms with Crippen LogP contribution in [0.15, 0.2) is 18.3 Å². The van der Waals surface area contributed by atoms with E-state index in [4.69, 9.17) is 11.6 Å². The quantitative estimate of drug-likeness (QED) is 0.844. The number of halogens is 4. The van der Waals surface area contributed by atoms with Crippen LogP contribution in [0, 0.1) is 5.92 Å². The lowest BCUT2D eigenvalue weighted by molar-refractivity contribution is -0.198. The summed E-state index contributed by atoms with van der Waals surface area (Å²) in [5, 5.41) is 5.38. The summed E-state index contributed by atoms with van der Waals surface area (Å²) in [5.41, 5.74) is 0.766. The van der Waals surface area contributed by atoms with Crippen molar-refractivity contribution in [2.24, 2.45) is 5.92 Å². The predicted octanol–water partition coefficient (Wildman–Crippen LogP) is 2.88. The molecule has 1 aliphatic carbocycles. The Balaban J connectivity index is 1.70. The molecule has 1 fully saturated rings. The molecule has 0 bridgehead atoms. The average molecular weight is 308 g/mol. The highest BCUT2D eigenvalue weighted by Gasteiger charge is 2.48. The Kier molecular flexibility index (Phi) is 4.37. The van der Waals surface area contributed by atoms with Gasteiger partial charge < -0.3 is 10.6 Å². The van der Waals surface area contributed by atoms with Gasteiger partial charge in [0.25, 0.3) is 0 Å². The van der Waals surface area contributed by atoms with Crippen LogP contribution in [-0.4, -0.2) is 23.2 Å². The molecule has 0 radical (unpaired) electrons. The van der Waals surface area contributed by atoms with Crippen molar-refractivity contribution in [2.45, 2.75) is 31.6 Å². The molecular formula is C12H13ClF3N3O. The summed E-state index contributed by atoms with van der Waals surface area (Å²) in [6.45, 7) is 0.240. The summed E-state index contributed by atoms with van der Waals surface area (Å²) < 4.78 is 36.8. The molecule has 110 valence electrons. The molecule has 1 heterocycles. The van der Waals surface area contributed by atoms with E-state index in [1.165, 1.54) is 6.20 Å². The van der Waals surface area contributed by atoms with E-state index < -0.39 is 24.2 Å². The van der Waals surface area contributed by atoms with E-state index in [1.807, 2.05) is 0 Å². The highest BCUT2D eigenvalue weighted by molar-refractivity contribution is 6.29. The molecule has 4 nitrogen and oxygen atoms in total. The van der Waals surface area contributed by atoms with Crippen LogP contribution in [-0.2, 0) is 6.54 Å². The molecule has 8 heteroatoms. The van der Waals surface area contributed by atoms with Crippen molar-refractivity contribution in [1.29, 1.82) is 0 Å². The van der Waals surface area contributed by atoms with E-state index in [9.17, 15) is 18.0 Å². The van der Waals surface area contributed by atoms with Crippen LogP contribution in [0.3, 0.4) is 0 Å². The molecule has 2 rings (SSSR count). The second-order valence-corrected chi connectivity index (χ2v) is 5.11. The van der Waals surface area contributed by atoms with E-state index in [1.54, 1.807) is 12.1 Å². The highest BCUT2D eigenvalue weighted by atomic mass is 35.5. The lowest BCUT2D eigenvalue weighted by Crippen LogP contribution is -2.51. The van der Waals surface area contributed by atoms with Crippen LogP contribution in [0.1, 0.15) is 18.4 Å². The standard InChI is InChI=1S/C12H13ClF3N3O/c13-10-3-7(1-2-17-10)6-18-11(20)19-9-4-8(5-9)12(14,15)16/h1-3,8-9H,4-6H2,(H2,18,19,20). The van der Waals surface area contributed by atoms with E-state index in [0.29, 0.717) is 5.15 Å². The van der Waals surface area contributed by atoms with Gasteiger partial charge in [-0.1, -0.05) is 11.6 Å². The molecule has 2 N–H and O–H groups in total. The lowest BCUT2D eigenvalue weighted by atomic mass is 9.80. The Morgan fingerprint density at radius 3 is 2.75 bits per heavy atom. The number of hydrogen-bond donors (Lipinski definition) is 2. The van der Waals surface area contributed by atoms with E-state index in [2.05, 4.69) is 15.6 Å². The second-order valence-electron chi connectivity index (χ2n) is 4.72. The number of urea groups is 1. The molecule has 1 saturated carbocycles. The average Bonchev–Trinajstić information content (AvgIpc) is 2.29. The molecule has 0 aliphatic heterocycles. The minimum atomic E-state index is -4.16. The van der Waals surface area contributed by atoms with Gasteiger partial charge in [-0.2, -0.15) is 13.2 Å². The van der Waals surface area contributed by atoms with Gasteiger partial charge in [0, 0.05) is 18.8 Å². The number of pyridine rings is 1. The van der Waals surface area contributed by atoms with Crippen molar-refractivity contribution in [3.8, 4) is 0 Å². The third-order valence-electron chi connectivity index (χ3n) is 3.18. The zero-order valence-electron chi connectivity index (χ0n) is 10.4. The number of nitrogens with zero attached hydrogens (tertiary/aromatic N) is 1. The van der Waals surface area contributed by atoms with Crippen LogP contribution < -0.4 is 10.6 Å². The number of carbonyl (C=O) groups is 1. The molecule has 0 saturated heterocycles. The lowest BCUT2D eigenvalue weighted by Gasteiger charge is -2.36. The van der Waals surface area contributed by atoms with E-state index in [0.717, 1.165) is 5.56 Å². The Labute approximate surface area is 118 Å². The van der Waals surface area contributed by atoms with Crippen molar-refractivity contribution in [3.05, 3.63) is 29.0 Å². The van der Waals surface area contributed by atoms with E-state index >= 15 is 0 Å². The third kappa shape index (κ3) is 4.00. The van der Waals surface area contributed by atoms with Gasteiger partial charge in [-0.05, 0) is 30.5 Å². The van der Waals surface area contributed by atoms with E-state index in [-0.39, 0.29) is 19.4 Å². The Bertz CT molecular complexity index is 489. The summed E-state index contributed by atoms with van der Waals surface area (Å²) in [5.74, 6) is -1.30. The summed E-state index contributed by atoms with van der Waals surface area (Å²) in [7, 11) is 0. The topological polar surface area (TPSA) is 54.0 Å². The Morgan fingerprint density at radius 1 is 1.45 bits per heavy atom. The van der Waals surface area contributed by atoms with Crippen molar-refractivity contribution in [1.82, 2.24) is 15.6 Å². The minimum absolute atomic E-state index is 0.0575.